The van der Waals surface area contributed by atoms with E-state index in [1.54, 1.807) is 0 Å². The molecule has 0 aliphatic carbocycles. The summed E-state index contributed by atoms with van der Waals surface area (Å²) in [6.07, 6.45) is 2.22. The lowest BCUT2D eigenvalue weighted by molar-refractivity contribution is -0.121. The van der Waals surface area contributed by atoms with Gasteiger partial charge in [-0.05, 0) is 54.1 Å². The minimum atomic E-state index is -2.29. The predicted octanol–water partition coefficient (Wildman–Crippen LogP) is -2.60. The molecular weight excluding hydrogens is 502 g/mol. The standard InChI is InChI=1S/2C6H14N2O.4C2H5NO.2Al/c2*1-8(2)5-3-4-6(7)9;4*1-2(3)4;;/h2*3-5H2,1-2H3,(H2,7,9);4*1H3,(H2,3,4);;/q;;;;;;2*+3/p-6. The molecule has 0 aromatic rings. The fourth-order valence-electron chi connectivity index (χ4n) is 2.61. The fourth-order valence-corrected chi connectivity index (χ4v) is 5.60. The van der Waals surface area contributed by atoms with Crippen LogP contribution in [0.15, 0.2) is 0 Å². The molecule has 0 saturated carbocycles. The molecule has 0 aliphatic rings. The third kappa shape index (κ3) is 26.4. The predicted molar refractivity (Wildman–Crippen MR) is 139 cm³/mol. The van der Waals surface area contributed by atoms with E-state index in [2.05, 4.69) is 25.8 Å². The molecule has 0 aromatic heterocycles. The summed E-state index contributed by atoms with van der Waals surface area (Å²) in [5.74, 6) is -1.39. The molecule has 0 spiro atoms. The highest BCUT2D eigenvalue weighted by molar-refractivity contribution is 6.59. The lowest BCUT2D eigenvalue weighted by Gasteiger charge is -2.14. The van der Waals surface area contributed by atoms with Crippen LogP contribution in [0, 0.1) is 0 Å². The molecule has 0 fully saturated rings. The van der Waals surface area contributed by atoms with Gasteiger partial charge in [0.1, 0.15) is 0 Å². The van der Waals surface area contributed by atoms with Crippen molar-refractivity contribution in [1.82, 2.24) is 35.6 Å². The highest BCUT2D eigenvalue weighted by Gasteiger charge is 2.29. The molecule has 0 aromatic carbocycles. The molecule has 0 heterocycles. The molecule has 0 radical (unpaired) electrons. The quantitative estimate of drug-likeness (QED) is 0.129. The second-order valence-electron chi connectivity index (χ2n) is 8.62. The molecular formula is C20H42Al2N8O6. The van der Waals surface area contributed by atoms with E-state index in [1.807, 2.05) is 38.0 Å². The minimum absolute atomic E-state index is 0.156. The highest BCUT2D eigenvalue weighted by Crippen LogP contribution is 1.91. The maximum atomic E-state index is 11.6. The van der Waals surface area contributed by atoms with Gasteiger partial charge in [-0.1, -0.05) is 0 Å². The highest BCUT2D eigenvalue weighted by atomic mass is 27.2. The van der Waals surface area contributed by atoms with Crippen LogP contribution in [0.4, 0.5) is 0 Å². The number of carbonyl (C=O) groups is 6. The molecule has 0 saturated heterocycles. The van der Waals surface area contributed by atoms with E-state index in [-0.39, 0.29) is 35.4 Å². The van der Waals surface area contributed by atoms with Crippen LogP contribution < -0.4 is 25.8 Å². The Balaban J connectivity index is 0. The Labute approximate surface area is 223 Å². The smallest absolute Gasteiger partial charge is 0.410 e. The largest absolute Gasteiger partial charge is 0.740 e. The molecule has 36 heavy (non-hydrogen) atoms. The van der Waals surface area contributed by atoms with E-state index in [0.29, 0.717) is 12.8 Å². The van der Waals surface area contributed by atoms with Crippen molar-refractivity contribution in [3.8, 4) is 0 Å². The lowest BCUT2D eigenvalue weighted by atomic mass is 10.3. The molecule has 14 nitrogen and oxygen atoms in total. The molecule has 0 atom stereocenters. The summed E-state index contributed by atoms with van der Waals surface area (Å²) >= 11 is -4.57. The second-order valence-corrected chi connectivity index (χ2v) is 12.1. The zero-order valence-corrected chi connectivity index (χ0v) is 25.1. The summed E-state index contributed by atoms with van der Waals surface area (Å²) in [7, 11) is 7.74. The monoisotopic (exact) mass is 544 g/mol. The SMILES string of the molecule is CC(=O)[NH][Al]([NH]C(C)=O)[NH]C(=O)CCCN(C)C.CC(=O)[NH][Al]([NH]C(C)=O)[NH]C(=O)CCCN(C)C. The Morgan fingerprint density at radius 3 is 0.944 bits per heavy atom. The van der Waals surface area contributed by atoms with Gasteiger partial charge in [-0.25, -0.2) is 0 Å². The maximum absolute atomic E-state index is 11.6. The molecule has 6 amide bonds. The lowest BCUT2D eigenvalue weighted by Crippen LogP contribution is -2.62. The summed E-state index contributed by atoms with van der Waals surface area (Å²) < 4.78 is 15.6. The van der Waals surface area contributed by atoms with Gasteiger partial charge < -0.3 is 35.6 Å². The Kier molecular flexibility index (Phi) is 20.9. The van der Waals surface area contributed by atoms with Crippen LogP contribution in [-0.4, -0.2) is 116 Å². The zero-order valence-electron chi connectivity index (χ0n) is 22.7. The van der Waals surface area contributed by atoms with E-state index < -0.39 is 29.6 Å². The van der Waals surface area contributed by atoms with E-state index in [9.17, 15) is 28.8 Å². The third-order valence-corrected chi connectivity index (χ3v) is 8.02. The topological polar surface area (TPSA) is 181 Å². The number of rotatable bonds is 14. The first-order chi connectivity index (χ1) is 16.6. The van der Waals surface area contributed by atoms with Crippen LogP contribution in [0.25, 0.3) is 0 Å². The number of hydrogen-bond acceptors (Lipinski definition) is 8. The first-order valence-electron chi connectivity index (χ1n) is 11.6. The molecule has 0 unspecified atom stereocenters. The van der Waals surface area contributed by atoms with Crippen LogP contribution in [0.1, 0.15) is 53.4 Å². The van der Waals surface area contributed by atoms with Crippen LogP contribution >= 0.6 is 0 Å². The molecule has 204 valence electrons. The molecule has 0 aliphatic heterocycles. The van der Waals surface area contributed by atoms with Gasteiger partial charge in [0.25, 0.3) is 0 Å². The van der Waals surface area contributed by atoms with Gasteiger partial charge in [0.2, 0.25) is 0 Å². The first kappa shape index (κ1) is 36.0. The summed E-state index contributed by atoms with van der Waals surface area (Å²) in [5.41, 5.74) is 0. The van der Waals surface area contributed by atoms with Crippen molar-refractivity contribution in [2.24, 2.45) is 0 Å². The summed E-state index contributed by atoms with van der Waals surface area (Å²) in [6, 6.07) is 0. The van der Waals surface area contributed by atoms with Gasteiger partial charge in [-0.2, -0.15) is 0 Å². The summed E-state index contributed by atoms with van der Waals surface area (Å²) in [5, 5.41) is 0. The van der Waals surface area contributed by atoms with Crippen molar-refractivity contribution in [1.29, 1.82) is 0 Å². The number of carbonyl (C=O) groups excluding carboxylic acids is 6. The molecule has 0 rings (SSSR count). The molecule has 6 N–H and O–H groups in total. The van der Waals surface area contributed by atoms with Crippen molar-refractivity contribution in [2.45, 2.75) is 53.4 Å². The molecule has 16 heteroatoms. The van der Waals surface area contributed by atoms with Gasteiger partial charge in [-0.15, -0.1) is 0 Å². The average Bonchev–Trinajstić information content (AvgIpc) is 2.65. The Bertz CT molecular complexity index is 647. The molecule has 0 bridgehead atoms. The number of nitrogens with zero attached hydrogens (tertiary/aromatic N) is 2. The van der Waals surface area contributed by atoms with E-state index in [1.165, 1.54) is 27.7 Å². The van der Waals surface area contributed by atoms with Crippen molar-refractivity contribution in [2.75, 3.05) is 41.3 Å². The second kappa shape index (κ2) is 20.9. The third-order valence-electron chi connectivity index (χ3n) is 4.02. The van der Waals surface area contributed by atoms with E-state index in [0.717, 1.165) is 25.9 Å². The number of amides is 6. The number of hydrogen-bond donors (Lipinski definition) is 6. The van der Waals surface area contributed by atoms with Gasteiger partial charge in [0.15, 0.2) is 35.4 Å². The number of nitrogens with one attached hydrogen (secondary N) is 6. The van der Waals surface area contributed by atoms with E-state index >= 15 is 0 Å². The van der Waals surface area contributed by atoms with Gasteiger partial charge in [0, 0.05) is 40.5 Å². The summed E-state index contributed by atoms with van der Waals surface area (Å²) in [6.45, 7) is 7.03. The normalized spacial score (nSPS) is 9.83. The van der Waals surface area contributed by atoms with Gasteiger partial charge >= 0.3 is 29.6 Å². The Morgan fingerprint density at radius 1 is 0.500 bits per heavy atom. The van der Waals surface area contributed by atoms with Gasteiger partial charge in [0.05, 0.1) is 0 Å². The first-order valence-corrected chi connectivity index (χ1v) is 15.0. The van der Waals surface area contributed by atoms with Crippen molar-refractivity contribution in [3.05, 3.63) is 0 Å². The zero-order chi connectivity index (χ0) is 28.3. The minimum Gasteiger partial charge on any atom is -0.410 e. The van der Waals surface area contributed by atoms with Crippen LogP contribution in [0.5, 0.6) is 0 Å². The van der Waals surface area contributed by atoms with Crippen LogP contribution in [0.3, 0.4) is 0 Å². The van der Waals surface area contributed by atoms with Crippen LogP contribution in [-0.2, 0) is 28.8 Å². The van der Waals surface area contributed by atoms with Crippen LogP contribution in [0.2, 0.25) is 0 Å². The maximum Gasteiger partial charge on any atom is 0.740 e. The average molecular weight is 545 g/mol. The van der Waals surface area contributed by atoms with E-state index in [4.69, 9.17) is 0 Å². The Hall–Kier alpha value is -2.20. The van der Waals surface area contributed by atoms with Gasteiger partial charge in [-0.3, -0.25) is 28.8 Å². The Morgan fingerprint density at radius 2 is 0.750 bits per heavy atom. The van der Waals surface area contributed by atoms with Crippen molar-refractivity contribution >= 4 is 65.1 Å². The van der Waals surface area contributed by atoms with Crippen molar-refractivity contribution in [3.63, 3.8) is 0 Å². The van der Waals surface area contributed by atoms with Crippen molar-refractivity contribution < 1.29 is 28.8 Å². The summed E-state index contributed by atoms with van der Waals surface area (Å²) in [4.78, 5) is 70.9. The fraction of sp³-hybridized carbons (Fsp3) is 0.700.